The zero-order chi connectivity index (χ0) is 21.0. The van der Waals surface area contributed by atoms with Gasteiger partial charge in [0.15, 0.2) is 0 Å². The second-order valence-electron chi connectivity index (χ2n) is 7.33. The number of pyridine rings is 1. The molecule has 150 valence electrons. The minimum absolute atomic E-state index is 0.568. The average Bonchev–Trinajstić information content (AvgIpc) is 2.81. The Morgan fingerprint density at radius 1 is 0.581 bits per heavy atom. The predicted molar refractivity (Wildman–Crippen MR) is 135 cm³/mol. The monoisotopic (exact) mass is 631 g/mol. The molecule has 0 bridgehead atoms. The third-order valence-corrected chi connectivity index (χ3v) is 11.2. The summed E-state index contributed by atoms with van der Waals surface area (Å²) >= 11 is -1.17. The van der Waals surface area contributed by atoms with Crippen molar-refractivity contribution < 1.29 is 0 Å². The van der Waals surface area contributed by atoms with Crippen LogP contribution in [0.2, 0.25) is 0 Å². The normalized spacial score (nSPS) is 11.0. The van der Waals surface area contributed by atoms with Gasteiger partial charge in [-0.25, -0.2) is 0 Å². The summed E-state index contributed by atoms with van der Waals surface area (Å²) in [5.41, 5.74) is 5.11. The van der Waals surface area contributed by atoms with Crippen molar-refractivity contribution in [2.24, 2.45) is 0 Å². The summed E-state index contributed by atoms with van der Waals surface area (Å²) in [4.78, 5) is 5.25. The van der Waals surface area contributed by atoms with E-state index in [0.29, 0.717) is 0 Å². The second kappa shape index (κ2) is 9.56. The van der Waals surface area contributed by atoms with Crippen LogP contribution in [0.4, 0.5) is 0 Å². The molecule has 0 aliphatic carbocycles. The van der Waals surface area contributed by atoms with Crippen molar-refractivity contribution in [2.75, 3.05) is 0 Å². The number of aromatic nitrogens is 1. The summed E-state index contributed by atoms with van der Waals surface area (Å²) in [6, 6.07) is 39.6. The molecule has 0 radical (unpaired) electrons. The Balaban J connectivity index is 1.77. The number of fused-ring (bicyclic) bond motifs is 1. The quantitative estimate of drug-likeness (QED) is 0.273. The molecule has 0 unspecified atom stereocenters. The second-order valence-corrected chi connectivity index (χ2v) is 13.5. The summed E-state index contributed by atoms with van der Waals surface area (Å²) < 4.78 is 5.71. The van der Waals surface area contributed by atoms with Crippen LogP contribution in [0.5, 0.6) is 0 Å². The van der Waals surface area contributed by atoms with Crippen molar-refractivity contribution in [3.05, 3.63) is 115 Å². The number of hydrogen-bond donors (Lipinski definition) is 0. The SMILES string of the molecule is Cc1ccc(-c2c([Te]c3ccccc3)nc3ccccc3c2[Te]c2ccccc2)cc1. The van der Waals surface area contributed by atoms with Gasteiger partial charge in [0.05, 0.1) is 0 Å². The van der Waals surface area contributed by atoms with Gasteiger partial charge >= 0.3 is 205 Å². The summed E-state index contributed by atoms with van der Waals surface area (Å²) in [6.45, 7) is 2.15. The molecule has 0 amide bonds. The molecule has 0 saturated heterocycles. The fourth-order valence-electron chi connectivity index (χ4n) is 3.52. The Hall–Kier alpha value is -2.13. The first-order valence-electron chi connectivity index (χ1n) is 10.2. The van der Waals surface area contributed by atoms with Gasteiger partial charge in [-0.1, -0.05) is 0 Å². The van der Waals surface area contributed by atoms with E-state index in [1.165, 1.54) is 36.7 Å². The molecule has 0 aliphatic heterocycles. The molecule has 1 heterocycles. The van der Waals surface area contributed by atoms with Crippen LogP contribution in [0.25, 0.3) is 22.0 Å². The fraction of sp³-hybridized carbons (Fsp3) is 0.0357. The van der Waals surface area contributed by atoms with Gasteiger partial charge in [0, 0.05) is 0 Å². The first-order chi connectivity index (χ1) is 15.3. The molecule has 5 rings (SSSR count). The fourth-order valence-corrected chi connectivity index (χ4v) is 10.2. The Morgan fingerprint density at radius 2 is 1.16 bits per heavy atom. The van der Waals surface area contributed by atoms with E-state index in [2.05, 4.69) is 116 Å². The van der Waals surface area contributed by atoms with Crippen molar-refractivity contribution in [3.63, 3.8) is 0 Å². The van der Waals surface area contributed by atoms with Crippen molar-refractivity contribution in [3.8, 4) is 11.1 Å². The summed E-state index contributed by atoms with van der Waals surface area (Å²) in [5, 5.41) is 1.31. The molecule has 3 heteroatoms. The first-order valence-corrected chi connectivity index (χ1v) is 14.9. The van der Waals surface area contributed by atoms with Crippen LogP contribution in [-0.2, 0) is 0 Å². The van der Waals surface area contributed by atoms with E-state index in [-0.39, 0.29) is 0 Å². The van der Waals surface area contributed by atoms with E-state index in [4.69, 9.17) is 4.98 Å². The van der Waals surface area contributed by atoms with E-state index in [1.807, 2.05) is 0 Å². The van der Waals surface area contributed by atoms with Crippen LogP contribution in [0.3, 0.4) is 0 Å². The molecule has 1 nitrogen and oxygen atoms in total. The van der Waals surface area contributed by atoms with Gasteiger partial charge in [-0.2, -0.15) is 0 Å². The minimum atomic E-state index is -0.607. The van der Waals surface area contributed by atoms with Gasteiger partial charge in [-0.3, -0.25) is 0 Å². The van der Waals surface area contributed by atoms with E-state index >= 15 is 0 Å². The Kier molecular flexibility index (Phi) is 6.40. The van der Waals surface area contributed by atoms with Gasteiger partial charge < -0.3 is 0 Å². The number of benzene rings is 4. The molecule has 5 aromatic rings. The molecular formula is C28H21NTe2. The van der Waals surface area contributed by atoms with Crippen LogP contribution in [0.1, 0.15) is 5.56 Å². The van der Waals surface area contributed by atoms with Crippen LogP contribution in [-0.4, -0.2) is 46.8 Å². The number of hydrogen-bond acceptors (Lipinski definition) is 1. The van der Waals surface area contributed by atoms with Crippen LogP contribution in [0.15, 0.2) is 109 Å². The van der Waals surface area contributed by atoms with E-state index in [1.54, 1.807) is 0 Å². The van der Waals surface area contributed by atoms with Crippen molar-refractivity contribution in [2.45, 2.75) is 6.92 Å². The van der Waals surface area contributed by atoms with Gasteiger partial charge in [0.25, 0.3) is 0 Å². The molecule has 0 fully saturated rings. The van der Waals surface area contributed by atoms with Crippen LogP contribution in [0, 0.1) is 6.92 Å². The van der Waals surface area contributed by atoms with E-state index in [9.17, 15) is 0 Å². The van der Waals surface area contributed by atoms with E-state index in [0.717, 1.165) is 5.52 Å². The molecule has 0 saturated carbocycles. The molecule has 0 N–H and O–H groups in total. The van der Waals surface area contributed by atoms with Crippen molar-refractivity contribution >= 4 is 67.3 Å². The molecule has 4 aromatic carbocycles. The predicted octanol–water partition coefficient (Wildman–Crippen LogP) is 3.52. The van der Waals surface area contributed by atoms with Gasteiger partial charge in [0.1, 0.15) is 0 Å². The summed E-state index contributed by atoms with van der Waals surface area (Å²) in [7, 11) is 0. The van der Waals surface area contributed by atoms with Crippen LogP contribution >= 0.6 is 0 Å². The zero-order valence-corrected chi connectivity index (χ0v) is 21.8. The molecule has 0 atom stereocenters. The summed E-state index contributed by atoms with van der Waals surface area (Å²) in [5.74, 6) is 0. The van der Waals surface area contributed by atoms with Gasteiger partial charge in [0.2, 0.25) is 0 Å². The maximum atomic E-state index is 5.25. The van der Waals surface area contributed by atoms with Crippen LogP contribution < -0.4 is 14.6 Å². The average molecular weight is 627 g/mol. The van der Waals surface area contributed by atoms with Gasteiger partial charge in [-0.15, -0.1) is 0 Å². The Morgan fingerprint density at radius 3 is 1.84 bits per heavy atom. The molecule has 1 aromatic heterocycles. The maximum absolute atomic E-state index is 5.25. The standard InChI is InChI=1S/C28H21NTe2/c1-20-16-18-21(19-17-20)26-27(30-22-10-4-2-5-11-22)24-14-8-9-15-25(24)29-28(26)31-23-12-6-3-7-13-23/h2-19H,1H3. The molecular weight excluding hydrogens is 606 g/mol. The number of aryl methyl sites for hydroxylation is 1. The van der Waals surface area contributed by atoms with Gasteiger partial charge in [-0.05, 0) is 0 Å². The Labute approximate surface area is 203 Å². The number of nitrogens with zero attached hydrogens (tertiary/aromatic N) is 1. The topological polar surface area (TPSA) is 12.9 Å². The van der Waals surface area contributed by atoms with E-state index < -0.39 is 41.8 Å². The Bertz CT molecular complexity index is 1310. The summed E-state index contributed by atoms with van der Waals surface area (Å²) in [6.07, 6.45) is 0. The molecule has 0 aliphatic rings. The third kappa shape index (κ3) is 4.72. The molecule has 31 heavy (non-hydrogen) atoms. The van der Waals surface area contributed by atoms with Crippen molar-refractivity contribution in [1.29, 1.82) is 0 Å². The number of para-hydroxylation sites is 1. The molecule has 0 spiro atoms. The van der Waals surface area contributed by atoms with Crippen molar-refractivity contribution in [1.82, 2.24) is 4.98 Å². The zero-order valence-electron chi connectivity index (χ0n) is 17.2. The first kappa shape index (κ1) is 20.8. The number of rotatable bonds is 5. The third-order valence-electron chi connectivity index (χ3n) is 5.07.